The Kier molecular flexibility index (Phi) is 6.76. The van der Waals surface area contributed by atoms with Crippen LogP contribution in [0.3, 0.4) is 0 Å². The molecular formula is C23H25F3N2O4. The van der Waals surface area contributed by atoms with Gasteiger partial charge in [0.1, 0.15) is 5.54 Å². The molecule has 0 bridgehead atoms. The van der Waals surface area contributed by atoms with Crippen molar-refractivity contribution in [2.24, 2.45) is 5.92 Å². The molecule has 0 atom stereocenters. The van der Waals surface area contributed by atoms with Crippen LogP contribution in [0.1, 0.15) is 54.9 Å². The van der Waals surface area contributed by atoms with Crippen LogP contribution < -0.4 is 5.32 Å². The molecule has 0 saturated heterocycles. The Hall–Kier alpha value is -3.10. The molecule has 1 amide bonds. The van der Waals surface area contributed by atoms with Crippen LogP contribution in [-0.2, 0) is 15.7 Å². The van der Waals surface area contributed by atoms with Gasteiger partial charge in [0.05, 0.1) is 18.2 Å². The number of halogens is 3. The van der Waals surface area contributed by atoms with Gasteiger partial charge in [0.15, 0.2) is 0 Å². The fourth-order valence-corrected chi connectivity index (χ4v) is 4.10. The number of methoxy groups -OCH3 is 1. The van der Waals surface area contributed by atoms with E-state index in [0.717, 1.165) is 37.6 Å². The van der Waals surface area contributed by atoms with Crippen molar-refractivity contribution in [3.8, 4) is 17.0 Å². The van der Waals surface area contributed by atoms with Crippen LogP contribution in [0, 0.1) is 5.92 Å². The lowest BCUT2D eigenvalue weighted by Gasteiger charge is -2.38. The van der Waals surface area contributed by atoms with Crippen molar-refractivity contribution in [2.45, 2.75) is 50.7 Å². The number of esters is 1. The maximum Gasteiger partial charge on any atom is 0.416 e. The number of rotatable bonds is 5. The van der Waals surface area contributed by atoms with E-state index >= 15 is 0 Å². The summed E-state index contributed by atoms with van der Waals surface area (Å²) >= 11 is 0. The van der Waals surface area contributed by atoms with Gasteiger partial charge in [-0.05, 0) is 55.4 Å². The lowest BCUT2D eigenvalue weighted by atomic mass is 9.75. The van der Waals surface area contributed by atoms with Crippen LogP contribution in [0.2, 0.25) is 0 Å². The predicted molar refractivity (Wildman–Crippen MR) is 111 cm³/mol. The first-order chi connectivity index (χ1) is 15.1. The highest BCUT2D eigenvalue weighted by molar-refractivity contribution is 5.99. The number of aromatic nitrogens is 1. The molecule has 2 N–H and O–H groups in total. The maximum absolute atomic E-state index is 13.1. The van der Waals surface area contributed by atoms with Gasteiger partial charge < -0.3 is 15.2 Å². The summed E-state index contributed by atoms with van der Waals surface area (Å²) in [5.41, 5.74) is -2.01. The molecule has 0 unspecified atom stereocenters. The number of ether oxygens (including phenoxy) is 1. The Morgan fingerprint density at radius 2 is 1.94 bits per heavy atom. The first kappa shape index (κ1) is 23.6. The first-order valence-electron chi connectivity index (χ1n) is 10.4. The topological polar surface area (TPSA) is 88.5 Å². The molecule has 9 heteroatoms. The molecule has 1 fully saturated rings. The molecule has 172 valence electrons. The Morgan fingerprint density at radius 1 is 1.25 bits per heavy atom. The van der Waals surface area contributed by atoms with Gasteiger partial charge in [0.25, 0.3) is 5.91 Å². The number of carbonyl (C=O) groups excluding carboxylic acids is 2. The molecule has 1 aliphatic rings. The van der Waals surface area contributed by atoms with Gasteiger partial charge in [-0.1, -0.05) is 25.5 Å². The third kappa shape index (κ3) is 4.87. The van der Waals surface area contributed by atoms with Crippen molar-refractivity contribution in [3.63, 3.8) is 0 Å². The number of aromatic hydroxyl groups is 1. The SMILES string of the molecule is CC[C@H]1CC[C@@](NC(=O)c2cnc(O)c(-c3cccc(C(F)(F)F)c3)c2)(C(=O)OC)CC1. The average molecular weight is 450 g/mol. The molecule has 3 rings (SSSR count). The monoisotopic (exact) mass is 450 g/mol. The number of alkyl halides is 3. The van der Waals surface area contributed by atoms with Gasteiger partial charge >= 0.3 is 12.1 Å². The van der Waals surface area contributed by atoms with E-state index in [-0.39, 0.29) is 16.7 Å². The number of hydrogen-bond acceptors (Lipinski definition) is 5. The van der Waals surface area contributed by atoms with E-state index in [1.54, 1.807) is 0 Å². The molecule has 0 radical (unpaired) electrons. The zero-order valence-corrected chi connectivity index (χ0v) is 17.8. The number of nitrogens with zero attached hydrogens (tertiary/aromatic N) is 1. The van der Waals surface area contributed by atoms with Crippen LogP contribution in [0.4, 0.5) is 13.2 Å². The van der Waals surface area contributed by atoms with Gasteiger partial charge in [-0.2, -0.15) is 13.2 Å². The highest BCUT2D eigenvalue weighted by Crippen LogP contribution is 2.36. The Bertz CT molecular complexity index is 999. The summed E-state index contributed by atoms with van der Waals surface area (Å²) in [6.45, 7) is 2.08. The second-order valence-corrected chi connectivity index (χ2v) is 8.05. The second kappa shape index (κ2) is 9.18. The van der Waals surface area contributed by atoms with Crippen LogP contribution >= 0.6 is 0 Å². The van der Waals surface area contributed by atoms with E-state index in [4.69, 9.17) is 4.74 Å². The fraction of sp³-hybridized carbons (Fsp3) is 0.435. The van der Waals surface area contributed by atoms with Gasteiger partial charge in [-0.15, -0.1) is 0 Å². The second-order valence-electron chi connectivity index (χ2n) is 8.05. The smallest absolute Gasteiger partial charge is 0.416 e. The van der Waals surface area contributed by atoms with Crippen LogP contribution in [-0.4, -0.2) is 34.6 Å². The minimum absolute atomic E-state index is 0.0103. The van der Waals surface area contributed by atoms with E-state index < -0.39 is 35.0 Å². The normalized spacial score (nSPS) is 21.1. The molecule has 0 aliphatic heterocycles. The molecular weight excluding hydrogens is 425 g/mol. The summed E-state index contributed by atoms with van der Waals surface area (Å²) < 4.78 is 44.2. The van der Waals surface area contributed by atoms with E-state index in [2.05, 4.69) is 17.2 Å². The van der Waals surface area contributed by atoms with E-state index in [9.17, 15) is 27.9 Å². The number of carbonyl (C=O) groups is 2. The molecule has 1 saturated carbocycles. The highest BCUT2D eigenvalue weighted by atomic mass is 19.4. The van der Waals surface area contributed by atoms with E-state index in [1.807, 2.05) is 0 Å². The summed E-state index contributed by atoms with van der Waals surface area (Å²) in [7, 11) is 1.26. The maximum atomic E-state index is 13.1. The summed E-state index contributed by atoms with van der Waals surface area (Å²) in [5, 5.41) is 12.9. The third-order valence-corrected chi connectivity index (χ3v) is 6.09. The molecule has 2 aromatic rings. The molecule has 32 heavy (non-hydrogen) atoms. The highest BCUT2D eigenvalue weighted by Gasteiger charge is 2.44. The van der Waals surface area contributed by atoms with Crippen molar-refractivity contribution in [2.75, 3.05) is 7.11 Å². The molecule has 1 heterocycles. The van der Waals surface area contributed by atoms with Crippen LogP contribution in [0.15, 0.2) is 36.5 Å². The van der Waals surface area contributed by atoms with Gasteiger partial charge in [-0.25, -0.2) is 9.78 Å². The minimum atomic E-state index is -4.56. The minimum Gasteiger partial charge on any atom is -0.493 e. The summed E-state index contributed by atoms with van der Waals surface area (Å²) in [5.74, 6) is -1.20. The quantitative estimate of drug-likeness (QED) is 0.644. The fourth-order valence-electron chi connectivity index (χ4n) is 4.10. The van der Waals surface area contributed by atoms with Crippen LogP contribution in [0.5, 0.6) is 5.88 Å². The number of benzene rings is 1. The zero-order valence-electron chi connectivity index (χ0n) is 17.8. The van der Waals surface area contributed by atoms with Crippen LogP contribution in [0.25, 0.3) is 11.1 Å². The average Bonchev–Trinajstić information content (AvgIpc) is 2.78. The molecule has 0 spiro atoms. The number of pyridine rings is 1. The van der Waals surface area contributed by atoms with Crippen molar-refractivity contribution < 1.29 is 32.6 Å². The number of amides is 1. The first-order valence-corrected chi connectivity index (χ1v) is 10.4. The summed E-state index contributed by atoms with van der Waals surface area (Å²) in [6.07, 6.45) is -0.0909. The Balaban J connectivity index is 1.90. The largest absolute Gasteiger partial charge is 0.493 e. The Morgan fingerprint density at radius 3 is 2.53 bits per heavy atom. The number of nitrogens with one attached hydrogen (secondary N) is 1. The standard InChI is InChI=1S/C23H25F3N2O4/c1-3-14-7-9-22(10-8-14,21(31)32-2)28-19(29)16-12-18(20(30)27-13-16)15-5-4-6-17(11-15)23(24,25)26/h4-6,11-14H,3,7-10H2,1-2H3,(H,27,30)(H,28,29)/t14-,22-. The lowest BCUT2D eigenvalue weighted by Crippen LogP contribution is -2.56. The van der Waals surface area contributed by atoms with E-state index in [0.29, 0.717) is 18.8 Å². The summed E-state index contributed by atoms with van der Waals surface area (Å²) in [4.78, 5) is 29.3. The molecule has 6 nitrogen and oxygen atoms in total. The molecule has 1 aromatic heterocycles. The van der Waals surface area contributed by atoms with Gasteiger partial charge in [0, 0.05) is 11.8 Å². The third-order valence-electron chi connectivity index (χ3n) is 6.09. The molecule has 1 aliphatic carbocycles. The predicted octanol–water partition coefficient (Wildman–Crippen LogP) is 4.71. The Labute approximate surface area is 183 Å². The zero-order chi connectivity index (χ0) is 23.5. The van der Waals surface area contributed by atoms with Crippen molar-refractivity contribution in [1.82, 2.24) is 10.3 Å². The van der Waals surface area contributed by atoms with E-state index in [1.165, 1.54) is 25.3 Å². The van der Waals surface area contributed by atoms with Crippen molar-refractivity contribution in [1.29, 1.82) is 0 Å². The molecule has 1 aromatic carbocycles. The van der Waals surface area contributed by atoms with Gasteiger partial charge in [-0.3, -0.25) is 4.79 Å². The van der Waals surface area contributed by atoms with Crippen molar-refractivity contribution in [3.05, 3.63) is 47.7 Å². The summed E-state index contributed by atoms with van der Waals surface area (Å²) in [6, 6.07) is 5.64. The lowest BCUT2D eigenvalue weighted by molar-refractivity contribution is -0.150. The number of hydrogen-bond donors (Lipinski definition) is 2. The van der Waals surface area contributed by atoms with Crippen molar-refractivity contribution >= 4 is 11.9 Å². The van der Waals surface area contributed by atoms with Gasteiger partial charge in [0.2, 0.25) is 5.88 Å².